The highest BCUT2D eigenvalue weighted by Crippen LogP contribution is 2.39. The van der Waals surface area contributed by atoms with Gasteiger partial charge in [-0.1, -0.05) is 11.8 Å². The van der Waals surface area contributed by atoms with Gasteiger partial charge in [0.1, 0.15) is 24.1 Å². The molecule has 2 aromatic carbocycles. The fourth-order valence-corrected chi connectivity index (χ4v) is 3.88. The predicted octanol–water partition coefficient (Wildman–Crippen LogP) is 4.37. The number of benzene rings is 2. The first kappa shape index (κ1) is 21.9. The number of hydrogen-bond acceptors (Lipinski definition) is 6. The van der Waals surface area contributed by atoms with E-state index in [-0.39, 0.29) is 40.7 Å². The van der Waals surface area contributed by atoms with Crippen LogP contribution in [0.5, 0.6) is 17.2 Å². The van der Waals surface area contributed by atoms with E-state index in [2.05, 4.69) is 0 Å². The normalized spacial score (nSPS) is 16.7. The van der Waals surface area contributed by atoms with E-state index in [1.165, 1.54) is 26.4 Å². The Balaban J connectivity index is 1.94. The Labute approximate surface area is 173 Å². The number of thioether (sulfide) groups is 1. The molecule has 10 heteroatoms. The molecule has 0 aliphatic carbocycles. The molecule has 0 N–H and O–H groups in total. The Kier molecular flexibility index (Phi) is 6.25. The number of halogens is 4. The van der Waals surface area contributed by atoms with Gasteiger partial charge in [0, 0.05) is 17.2 Å². The zero-order valence-electron chi connectivity index (χ0n) is 15.8. The fraction of sp³-hybridized carbons (Fsp3) is 0.300. The van der Waals surface area contributed by atoms with E-state index in [9.17, 15) is 27.2 Å². The van der Waals surface area contributed by atoms with Gasteiger partial charge < -0.3 is 14.2 Å². The van der Waals surface area contributed by atoms with Gasteiger partial charge in [0.05, 0.1) is 25.5 Å². The van der Waals surface area contributed by atoms with E-state index >= 15 is 0 Å². The Hall–Kier alpha value is -2.75. The van der Waals surface area contributed by atoms with Crippen molar-refractivity contribution < 1.29 is 41.4 Å². The van der Waals surface area contributed by atoms with Crippen molar-refractivity contribution in [2.24, 2.45) is 0 Å². The molecule has 1 saturated heterocycles. The molecule has 5 nitrogen and oxygen atoms in total. The summed E-state index contributed by atoms with van der Waals surface area (Å²) in [6.45, 7) is -0.351. The lowest BCUT2D eigenvalue weighted by molar-refractivity contribution is -0.137. The average Bonchev–Trinajstić information content (AvgIpc) is 3.03. The van der Waals surface area contributed by atoms with Crippen LogP contribution in [-0.4, -0.2) is 30.9 Å². The standard InChI is InChI=1S/C20H16F4O5S/c1-27-15-4-3-11(20(22,23)24)5-10(15)8-29-17-6-12(13(21)7-16(17)28-2)18-14(25)9-30-19(18)26/h3-7,18H,8-9H2,1-2H3. The first-order valence-corrected chi connectivity index (χ1v) is 9.58. The Morgan fingerprint density at radius 2 is 1.73 bits per heavy atom. The Morgan fingerprint density at radius 3 is 2.30 bits per heavy atom. The molecule has 160 valence electrons. The Bertz CT molecular complexity index is 974. The minimum absolute atomic E-state index is 0.0223. The highest BCUT2D eigenvalue weighted by molar-refractivity contribution is 8.15. The summed E-state index contributed by atoms with van der Waals surface area (Å²) >= 11 is 0.802. The van der Waals surface area contributed by atoms with E-state index in [0.29, 0.717) is 0 Å². The third kappa shape index (κ3) is 4.38. The van der Waals surface area contributed by atoms with Gasteiger partial charge in [0.25, 0.3) is 0 Å². The second-order valence-corrected chi connectivity index (χ2v) is 7.32. The largest absolute Gasteiger partial charge is 0.496 e. The van der Waals surface area contributed by atoms with E-state index < -0.39 is 34.4 Å². The van der Waals surface area contributed by atoms with E-state index in [0.717, 1.165) is 30.0 Å². The molecule has 0 amide bonds. The van der Waals surface area contributed by atoms with Crippen LogP contribution in [0.3, 0.4) is 0 Å². The summed E-state index contributed by atoms with van der Waals surface area (Å²) in [6, 6.07) is 5.07. The van der Waals surface area contributed by atoms with Crippen LogP contribution in [-0.2, 0) is 22.4 Å². The van der Waals surface area contributed by atoms with Crippen LogP contribution in [0.25, 0.3) is 0 Å². The van der Waals surface area contributed by atoms with Crippen molar-refractivity contribution in [1.29, 1.82) is 0 Å². The number of hydrogen-bond donors (Lipinski definition) is 0. The molecule has 2 aromatic rings. The van der Waals surface area contributed by atoms with Crippen molar-refractivity contribution in [2.75, 3.05) is 20.0 Å². The van der Waals surface area contributed by atoms with Crippen LogP contribution >= 0.6 is 11.8 Å². The van der Waals surface area contributed by atoms with Gasteiger partial charge in [-0.3, -0.25) is 9.59 Å². The van der Waals surface area contributed by atoms with Gasteiger partial charge >= 0.3 is 6.18 Å². The molecular weight excluding hydrogens is 428 g/mol. The summed E-state index contributed by atoms with van der Waals surface area (Å²) in [6.07, 6.45) is -4.55. The monoisotopic (exact) mass is 444 g/mol. The quantitative estimate of drug-likeness (QED) is 0.487. The zero-order valence-corrected chi connectivity index (χ0v) is 16.7. The lowest BCUT2D eigenvalue weighted by Crippen LogP contribution is -2.15. The van der Waals surface area contributed by atoms with Gasteiger partial charge in [0.2, 0.25) is 5.12 Å². The summed E-state index contributed by atoms with van der Waals surface area (Å²) in [7, 11) is 2.56. The lowest BCUT2D eigenvalue weighted by atomic mass is 9.96. The molecule has 30 heavy (non-hydrogen) atoms. The van der Waals surface area contributed by atoms with E-state index in [1.54, 1.807) is 0 Å². The van der Waals surface area contributed by atoms with Crippen molar-refractivity contribution in [3.63, 3.8) is 0 Å². The highest BCUT2D eigenvalue weighted by Gasteiger charge is 2.37. The summed E-state index contributed by atoms with van der Waals surface area (Å²) in [4.78, 5) is 24.0. The highest BCUT2D eigenvalue weighted by atomic mass is 32.2. The molecule has 3 rings (SSSR count). The number of ether oxygens (including phenoxy) is 3. The minimum atomic E-state index is -4.55. The topological polar surface area (TPSA) is 61.8 Å². The number of ketones is 1. The van der Waals surface area contributed by atoms with Crippen molar-refractivity contribution in [3.8, 4) is 17.2 Å². The van der Waals surface area contributed by atoms with Crippen molar-refractivity contribution in [1.82, 2.24) is 0 Å². The summed E-state index contributed by atoms with van der Waals surface area (Å²) in [5.74, 6) is -2.44. The number of carbonyl (C=O) groups is 2. The fourth-order valence-electron chi connectivity index (χ4n) is 3.01. The maximum atomic E-state index is 14.5. The van der Waals surface area contributed by atoms with E-state index in [4.69, 9.17) is 14.2 Å². The third-order valence-corrected chi connectivity index (χ3v) is 5.45. The molecule has 1 atom stereocenters. The second-order valence-electron chi connectivity index (χ2n) is 6.34. The number of methoxy groups -OCH3 is 2. The molecule has 0 radical (unpaired) electrons. The molecule has 1 fully saturated rings. The molecular formula is C20H16F4O5S. The molecule has 0 spiro atoms. The maximum absolute atomic E-state index is 14.5. The predicted molar refractivity (Wildman–Crippen MR) is 100 cm³/mol. The second kappa shape index (κ2) is 8.55. The SMILES string of the molecule is COc1ccc(C(F)(F)F)cc1COc1cc(C2C(=O)CSC2=O)c(F)cc1OC. The van der Waals surface area contributed by atoms with Crippen molar-refractivity contribution in [2.45, 2.75) is 18.7 Å². The summed E-state index contributed by atoms with van der Waals surface area (Å²) in [5, 5.41) is -0.477. The smallest absolute Gasteiger partial charge is 0.416 e. The van der Waals surface area contributed by atoms with Crippen molar-refractivity contribution in [3.05, 3.63) is 52.8 Å². The van der Waals surface area contributed by atoms with Gasteiger partial charge in [-0.2, -0.15) is 13.2 Å². The lowest BCUT2D eigenvalue weighted by Gasteiger charge is -2.17. The van der Waals surface area contributed by atoms with Gasteiger partial charge in [0.15, 0.2) is 17.3 Å². The van der Waals surface area contributed by atoms with Crippen LogP contribution in [0.15, 0.2) is 30.3 Å². The molecule has 1 aliphatic heterocycles. The molecule has 0 aromatic heterocycles. The first-order valence-electron chi connectivity index (χ1n) is 8.59. The van der Waals surface area contributed by atoms with Gasteiger partial charge in [-0.05, 0) is 24.3 Å². The van der Waals surface area contributed by atoms with Crippen LogP contribution in [0.1, 0.15) is 22.6 Å². The minimum Gasteiger partial charge on any atom is -0.496 e. The number of alkyl halides is 3. The maximum Gasteiger partial charge on any atom is 0.416 e. The van der Waals surface area contributed by atoms with Crippen LogP contribution < -0.4 is 14.2 Å². The first-order chi connectivity index (χ1) is 14.2. The van der Waals surface area contributed by atoms with Crippen molar-refractivity contribution >= 4 is 22.7 Å². The van der Waals surface area contributed by atoms with Crippen LogP contribution in [0.2, 0.25) is 0 Å². The van der Waals surface area contributed by atoms with Gasteiger partial charge in [-0.25, -0.2) is 4.39 Å². The molecule has 1 aliphatic rings. The summed E-state index contributed by atoms with van der Waals surface area (Å²) < 4.78 is 69.3. The molecule has 0 bridgehead atoms. The molecule has 1 unspecified atom stereocenters. The third-order valence-electron chi connectivity index (χ3n) is 4.50. The van der Waals surface area contributed by atoms with E-state index in [1.807, 2.05) is 0 Å². The van der Waals surface area contributed by atoms with Crippen LogP contribution in [0, 0.1) is 5.82 Å². The number of rotatable bonds is 6. The average molecular weight is 444 g/mol. The summed E-state index contributed by atoms with van der Waals surface area (Å²) in [5.41, 5.74) is -0.946. The molecule has 1 heterocycles. The number of Topliss-reactive ketones (excluding diaryl/α,β-unsaturated/α-hetero) is 1. The zero-order chi connectivity index (χ0) is 22.1. The van der Waals surface area contributed by atoms with Crippen LogP contribution in [0.4, 0.5) is 17.6 Å². The molecule has 0 saturated carbocycles. The Morgan fingerprint density at radius 1 is 1.03 bits per heavy atom. The number of carbonyl (C=O) groups excluding carboxylic acids is 2. The van der Waals surface area contributed by atoms with Gasteiger partial charge in [-0.15, -0.1) is 0 Å².